The molecular weight excluding hydrogens is 184 g/mol. The summed E-state index contributed by atoms with van der Waals surface area (Å²) < 4.78 is 6.26. The molecule has 0 aliphatic heterocycles. The Kier molecular flexibility index (Phi) is 4.64. The van der Waals surface area contributed by atoms with Gasteiger partial charge in [-0.25, -0.2) is 0 Å². The molecular formula is C14H28O. The highest BCUT2D eigenvalue weighted by Crippen LogP contribution is 2.37. The molecule has 1 saturated carbocycles. The van der Waals surface area contributed by atoms with Gasteiger partial charge < -0.3 is 4.74 Å². The lowest BCUT2D eigenvalue weighted by atomic mass is 9.88. The Bertz CT molecular complexity index is 178. The molecule has 1 heteroatoms. The van der Waals surface area contributed by atoms with Gasteiger partial charge in [0.1, 0.15) is 0 Å². The summed E-state index contributed by atoms with van der Waals surface area (Å²) in [5, 5.41) is 0. The van der Waals surface area contributed by atoms with Crippen molar-refractivity contribution in [1.29, 1.82) is 0 Å². The molecule has 15 heavy (non-hydrogen) atoms. The van der Waals surface area contributed by atoms with E-state index < -0.39 is 0 Å². The normalized spacial score (nSPS) is 20.8. The number of hydrogen-bond acceptors (Lipinski definition) is 1. The van der Waals surface area contributed by atoms with Crippen molar-refractivity contribution in [2.45, 2.75) is 78.2 Å². The largest absolute Gasteiger partial charge is 0.374 e. The van der Waals surface area contributed by atoms with Gasteiger partial charge in [-0.3, -0.25) is 0 Å². The standard InChI is InChI=1S/C14H28O/c1-5-9-13(3,4)12-15-14(6-2)10-7-8-11-14/h5-12H2,1-4H3. The Morgan fingerprint density at radius 3 is 2.20 bits per heavy atom. The summed E-state index contributed by atoms with van der Waals surface area (Å²) in [5.74, 6) is 0. The highest BCUT2D eigenvalue weighted by Gasteiger charge is 2.34. The average molecular weight is 212 g/mol. The van der Waals surface area contributed by atoms with Crippen molar-refractivity contribution in [2.75, 3.05) is 6.61 Å². The molecule has 0 spiro atoms. The molecule has 1 aliphatic rings. The second-order valence-corrected chi connectivity index (χ2v) is 5.95. The zero-order valence-corrected chi connectivity index (χ0v) is 11.1. The van der Waals surface area contributed by atoms with Crippen molar-refractivity contribution >= 4 is 0 Å². The van der Waals surface area contributed by atoms with Crippen LogP contribution in [-0.4, -0.2) is 12.2 Å². The van der Waals surface area contributed by atoms with E-state index in [1.165, 1.54) is 44.9 Å². The monoisotopic (exact) mass is 212 g/mol. The highest BCUT2D eigenvalue weighted by atomic mass is 16.5. The molecule has 0 heterocycles. The van der Waals surface area contributed by atoms with Crippen LogP contribution in [0.1, 0.15) is 72.6 Å². The minimum atomic E-state index is 0.241. The Morgan fingerprint density at radius 2 is 1.73 bits per heavy atom. The van der Waals surface area contributed by atoms with Crippen LogP contribution >= 0.6 is 0 Å². The van der Waals surface area contributed by atoms with E-state index in [0.717, 1.165) is 6.61 Å². The fourth-order valence-electron chi connectivity index (χ4n) is 2.72. The first kappa shape index (κ1) is 13.0. The van der Waals surface area contributed by atoms with Crippen LogP contribution in [0.2, 0.25) is 0 Å². The molecule has 0 N–H and O–H groups in total. The third-order valence-corrected chi connectivity index (χ3v) is 3.85. The van der Waals surface area contributed by atoms with Gasteiger partial charge in [-0.05, 0) is 31.1 Å². The fourth-order valence-corrected chi connectivity index (χ4v) is 2.72. The summed E-state index contributed by atoms with van der Waals surface area (Å²) in [4.78, 5) is 0. The lowest BCUT2D eigenvalue weighted by Crippen LogP contribution is -2.33. The van der Waals surface area contributed by atoms with Gasteiger partial charge in [0.15, 0.2) is 0 Å². The van der Waals surface area contributed by atoms with Crippen LogP contribution in [0.4, 0.5) is 0 Å². The molecule has 0 saturated heterocycles. The maximum absolute atomic E-state index is 6.26. The predicted molar refractivity (Wildman–Crippen MR) is 66.1 cm³/mol. The summed E-state index contributed by atoms with van der Waals surface area (Å²) in [6.07, 6.45) is 9.01. The van der Waals surface area contributed by atoms with Crippen LogP contribution in [0, 0.1) is 5.41 Å². The van der Waals surface area contributed by atoms with E-state index in [1.807, 2.05) is 0 Å². The first-order valence-electron chi connectivity index (χ1n) is 6.67. The minimum absolute atomic E-state index is 0.241. The Balaban J connectivity index is 2.40. The third-order valence-electron chi connectivity index (χ3n) is 3.85. The fraction of sp³-hybridized carbons (Fsp3) is 1.00. The second-order valence-electron chi connectivity index (χ2n) is 5.95. The van der Waals surface area contributed by atoms with Crippen molar-refractivity contribution in [3.63, 3.8) is 0 Å². The van der Waals surface area contributed by atoms with Gasteiger partial charge in [0.25, 0.3) is 0 Å². The molecule has 1 fully saturated rings. The first-order chi connectivity index (χ1) is 7.04. The molecule has 0 unspecified atom stereocenters. The Morgan fingerprint density at radius 1 is 1.13 bits per heavy atom. The van der Waals surface area contributed by atoms with Gasteiger partial charge in [0.2, 0.25) is 0 Å². The van der Waals surface area contributed by atoms with Crippen LogP contribution in [0.15, 0.2) is 0 Å². The van der Waals surface area contributed by atoms with Crippen LogP contribution in [0.3, 0.4) is 0 Å². The van der Waals surface area contributed by atoms with Crippen molar-refractivity contribution in [2.24, 2.45) is 5.41 Å². The van der Waals surface area contributed by atoms with E-state index in [9.17, 15) is 0 Å². The highest BCUT2D eigenvalue weighted by molar-refractivity contribution is 4.86. The number of hydrogen-bond donors (Lipinski definition) is 0. The maximum Gasteiger partial charge on any atom is 0.0680 e. The molecule has 0 amide bonds. The molecule has 0 bridgehead atoms. The molecule has 1 aliphatic carbocycles. The lowest BCUT2D eigenvalue weighted by molar-refractivity contribution is -0.0773. The zero-order chi connectivity index (χ0) is 11.4. The van der Waals surface area contributed by atoms with Crippen molar-refractivity contribution in [3.05, 3.63) is 0 Å². The third kappa shape index (κ3) is 3.79. The molecule has 0 radical (unpaired) electrons. The molecule has 0 aromatic heterocycles. The van der Waals surface area contributed by atoms with Crippen molar-refractivity contribution in [1.82, 2.24) is 0 Å². The van der Waals surface area contributed by atoms with Gasteiger partial charge >= 0.3 is 0 Å². The van der Waals surface area contributed by atoms with Gasteiger partial charge in [-0.2, -0.15) is 0 Å². The topological polar surface area (TPSA) is 9.23 Å². The van der Waals surface area contributed by atoms with E-state index in [1.54, 1.807) is 0 Å². The summed E-state index contributed by atoms with van der Waals surface area (Å²) in [5.41, 5.74) is 0.602. The zero-order valence-electron chi connectivity index (χ0n) is 11.1. The predicted octanol–water partition coefficient (Wildman–Crippen LogP) is 4.55. The van der Waals surface area contributed by atoms with E-state index >= 15 is 0 Å². The van der Waals surface area contributed by atoms with Crippen LogP contribution in [-0.2, 0) is 4.74 Å². The smallest absolute Gasteiger partial charge is 0.0680 e. The summed E-state index contributed by atoms with van der Waals surface area (Å²) in [7, 11) is 0. The molecule has 90 valence electrons. The first-order valence-corrected chi connectivity index (χ1v) is 6.67. The average Bonchev–Trinajstić information content (AvgIpc) is 2.64. The molecule has 0 atom stereocenters. The second kappa shape index (κ2) is 5.34. The van der Waals surface area contributed by atoms with Crippen LogP contribution < -0.4 is 0 Å². The van der Waals surface area contributed by atoms with Crippen LogP contribution in [0.25, 0.3) is 0 Å². The summed E-state index contributed by atoms with van der Waals surface area (Å²) >= 11 is 0. The summed E-state index contributed by atoms with van der Waals surface area (Å²) in [6.45, 7) is 10.1. The number of rotatable bonds is 6. The maximum atomic E-state index is 6.26. The van der Waals surface area contributed by atoms with Gasteiger partial charge in [0, 0.05) is 0 Å². The van der Waals surface area contributed by atoms with Crippen molar-refractivity contribution < 1.29 is 4.74 Å². The Labute approximate surface area is 95.6 Å². The summed E-state index contributed by atoms with van der Waals surface area (Å²) in [6, 6.07) is 0. The van der Waals surface area contributed by atoms with Gasteiger partial charge in [-0.1, -0.05) is 47.0 Å². The Hall–Kier alpha value is -0.0400. The van der Waals surface area contributed by atoms with E-state index in [-0.39, 0.29) is 5.60 Å². The molecule has 0 aromatic rings. The van der Waals surface area contributed by atoms with E-state index in [4.69, 9.17) is 4.74 Å². The van der Waals surface area contributed by atoms with E-state index in [2.05, 4.69) is 27.7 Å². The SMILES string of the molecule is CCCC(C)(C)COC1(CC)CCCC1. The van der Waals surface area contributed by atoms with Gasteiger partial charge in [-0.15, -0.1) is 0 Å². The number of ether oxygens (including phenoxy) is 1. The van der Waals surface area contributed by atoms with Gasteiger partial charge in [0.05, 0.1) is 12.2 Å². The van der Waals surface area contributed by atoms with Crippen LogP contribution in [0.5, 0.6) is 0 Å². The quantitative estimate of drug-likeness (QED) is 0.627. The lowest BCUT2D eigenvalue weighted by Gasteiger charge is -2.33. The molecule has 1 rings (SSSR count). The minimum Gasteiger partial charge on any atom is -0.374 e. The van der Waals surface area contributed by atoms with Crippen molar-refractivity contribution in [3.8, 4) is 0 Å². The van der Waals surface area contributed by atoms with E-state index in [0.29, 0.717) is 5.41 Å². The molecule has 0 aromatic carbocycles. The molecule has 1 nitrogen and oxygen atoms in total.